The Morgan fingerprint density at radius 1 is 0.368 bits per heavy atom. The van der Waals surface area contributed by atoms with Crippen LogP contribution in [0.3, 0.4) is 0 Å². The first-order valence-corrected chi connectivity index (χ1v) is 22.1. The minimum Gasteiger partial charge on any atom is -0.311 e. The van der Waals surface area contributed by atoms with Crippen LogP contribution in [-0.4, -0.2) is 14.5 Å². The Labute approximate surface area is 394 Å². The standard InChI is InChI=1S/C61H37N7/c1-62-47-25-31-49(32-26-47)67(50-33-27-48(63-2)28-34-50)52-35-37-60-55(39-52)54-16-10-11-17-59(54)68(60)51-29-22-42(23-30-51)53-36-24-46(38-58(53)64-3)41-18-20-44(21-19-41)57-40-56(43-12-6-4-7-13-43)65-61(66-57)45-14-8-5-9-15-45/h4-40H. The zero-order valence-electron chi connectivity index (χ0n) is 36.5. The predicted octanol–water partition coefficient (Wildman–Crippen LogP) is 17.0. The SMILES string of the molecule is [C-]#[N+]c1ccc(N(c2ccc([N+]#[C-])cc2)c2ccc3c(c2)c2ccccc2n3-c2ccc(-c3ccc(-c4ccc(-c5cc(-c6ccccc6)nc(-c6ccccc6)n5)cc4)cc3[N+]#[C-])cc2)cc1. The van der Waals surface area contributed by atoms with Gasteiger partial charge in [0.2, 0.25) is 0 Å². The summed E-state index contributed by atoms with van der Waals surface area (Å²) in [7, 11) is 0. The van der Waals surface area contributed by atoms with Gasteiger partial charge < -0.3 is 9.47 Å². The molecule has 0 unspecified atom stereocenters. The van der Waals surface area contributed by atoms with Crippen LogP contribution >= 0.6 is 0 Å². The number of fused-ring (bicyclic) bond motifs is 3. The first kappa shape index (κ1) is 40.9. The quantitative estimate of drug-likeness (QED) is 0.136. The van der Waals surface area contributed by atoms with Crippen LogP contribution in [0.2, 0.25) is 0 Å². The maximum absolute atomic E-state index is 8.23. The fraction of sp³-hybridized carbons (Fsp3) is 0. The van der Waals surface area contributed by atoms with Crippen LogP contribution in [0.15, 0.2) is 224 Å². The van der Waals surface area contributed by atoms with Crippen LogP contribution in [0.25, 0.3) is 98.2 Å². The molecule has 0 atom stereocenters. The number of aromatic nitrogens is 3. The predicted molar refractivity (Wildman–Crippen MR) is 277 cm³/mol. The van der Waals surface area contributed by atoms with Gasteiger partial charge >= 0.3 is 0 Å². The van der Waals surface area contributed by atoms with Gasteiger partial charge in [0.25, 0.3) is 0 Å². The molecule has 0 bridgehead atoms. The number of rotatable bonds is 9. The summed E-state index contributed by atoms with van der Waals surface area (Å²) in [5.41, 5.74) is 16.1. The van der Waals surface area contributed by atoms with E-state index in [1.165, 1.54) is 0 Å². The maximum Gasteiger partial charge on any atom is 0.195 e. The number of nitrogens with zero attached hydrogens (tertiary/aromatic N) is 7. The Balaban J connectivity index is 0.903. The fourth-order valence-electron chi connectivity index (χ4n) is 8.92. The highest BCUT2D eigenvalue weighted by atomic mass is 15.1. The van der Waals surface area contributed by atoms with E-state index in [1.807, 2.05) is 115 Å². The van der Waals surface area contributed by atoms with Gasteiger partial charge in [0.15, 0.2) is 22.9 Å². The van der Waals surface area contributed by atoms with Gasteiger partial charge in [0.05, 0.1) is 42.1 Å². The van der Waals surface area contributed by atoms with Crippen molar-refractivity contribution in [2.24, 2.45) is 0 Å². The lowest BCUT2D eigenvalue weighted by atomic mass is 9.97. The highest BCUT2D eigenvalue weighted by Gasteiger charge is 2.19. The Hall–Kier alpha value is -9.87. The molecule has 2 heterocycles. The van der Waals surface area contributed by atoms with Crippen LogP contribution in [0.4, 0.5) is 34.1 Å². The molecule has 316 valence electrons. The molecular formula is C61H37N7. The molecule has 0 aliphatic rings. The first-order valence-electron chi connectivity index (χ1n) is 22.1. The number of hydrogen-bond acceptors (Lipinski definition) is 3. The van der Waals surface area contributed by atoms with Gasteiger partial charge in [0.1, 0.15) is 0 Å². The summed E-state index contributed by atoms with van der Waals surface area (Å²) in [4.78, 5) is 23.3. The summed E-state index contributed by atoms with van der Waals surface area (Å²) in [6.45, 7) is 23.2. The van der Waals surface area contributed by atoms with Crippen molar-refractivity contribution >= 4 is 55.9 Å². The van der Waals surface area contributed by atoms with E-state index in [9.17, 15) is 0 Å². The number of anilines is 3. The second-order valence-electron chi connectivity index (χ2n) is 16.3. The van der Waals surface area contributed by atoms with Crippen LogP contribution in [0.1, 0.15) is 0 Å². The zero-order valence-corrected chi connectivity index (χ0v) is 36.5. The Morgan fingerprint density at radius 2 is 0.882 bits per heavy atom. The molecule has 0 fully saturated rings. The largest absolute Gasteiger partial charge is 0.311 e. The molecule has 68 heavy (non-hydrogen) atoms. The molecule has 0 aliphatic carbocycles. The molecule has 0 aliphatic heterocycles. The maximum atomic E-state index is 8.23. The van der Waals surface area contributed by atoms with E-state index in [0.29, 0.717) is 22.9 Å². The van der Waals surface area contributed by atoms with Gasteiger partial charge in [0, 0.05) is 50.2 Å². The average Bonchev–Trinajstić information content (AvgIpc) is 3.75. The smallest absolute Gasteiger partial charge is 0.195 e. The molecule has 11 aromatic rings. The summed E-state index contributed by atoms with van der Waals surface area (Å²) in [5, 5.41) is 2.21. The molecule has 0 spiro atoms. The molecule has 0 N–H and O–H groups in total. The summed E-state index contributed by atoms with van der Waals surface area (Å²) in [5.74, 6) is 0.673. The first-order chi connectivity index (χ1) is 33.5. The van der Waals surface area contributed by atoms with Gasteiger partial charge in [-0.25, -0.2) is 24.5 Å². The Kier molecular flexibility index (Phi) is 10.6. The molecule has 7 nitrogen and oxygen atoms in total. The second kappa shape index (κ2) is 17.6. The summed E-state index contributed by atoms with van der Waals surface area (Å²) < 4.78 is 2.28. The highest BCUT2D eigenvalue weighted by Crippen LogP contribution is 2.42. The Morgan fingerprint density at radius 3 is 1.50 bits per heavy atom. The van der Waals surface area contributed by atoms with Crippen LogP contribution < -0.4 is 4.90 Å². The second-order valence-corrected chi connectivity index (χ2v) is 16.3. The van der Waals surface area contributed by atoms with Crippen molar-refractivity contribution in [1.29, 1.82) is 0 Å². The molecule has 0 saturated carbocycles. The van der Waals surface area contributed by atoms with Gasteiger partial charge in [-0.3, -0.25) is 0 Å². The number of benzene rings is 9. The van der Waals surface area contributed by atoms with Crippen molar-refractivity contribution in [1.82, 2.24) is 14.5 Å². The third kappa shape index (κ3) is 7.67. The third-order valence-electron chi connectivity index (χ3n) is 12.3. The van der Waals surface area contributed by atoms with E-state index < -0.39 is 0 Å². The molecular weight excluding hydrogens is 831 g/mol. The van der Waals surface area contributed by atoms with E-state index in [2.05, 4.69) is 133 Å². The van der Waals surface area contributed by atoms with Crippen molar-refractivity contribution in [2.45, 2.75) is 0 Å². The van der Waals surface area contributed by atoms with Crippen molar-refractivity contribution in [2.75, 3.05) is 4.90 Å². The van der Waals surface area contributed by atoms with Gasteiger partial charge in [-0.1, -0.05) is 152 Å². The third-order valence-corrected chi connectivity index (χ3v) is 12.3. The van der Waals surface area contributed by atoms with Crippen LogP contribution in [0.5, 0.6) is 0 Å². The minimum absolute atomic E-state index is 0.571. The molecule has 0 saturated heterocycles. The van der Waals surface area contributed by atoms with E-state index in [1.54, 1.807) is 0 Å². The van der Waals surface area contributed by atoms with Crippen molar-refractivity contribution in [3.8, 4) is 61.8 Å². The van der Waals surface area contributed by atoms with Gasteiger partial charge in [-0.15, -0.1) is 0 Å². The van der Waals surface area contributed by atoms with E-state index in [-0.39, 0.29) is 0 Å². The molecule has 11 rings (SSSR count). The van der Waals surface area contributed by atoms with Gasteiger partial charge in [-0.05, 0) is 95.1 Å². The molecule has 0 amide bonds. The van der Waals surface area contributed by atoms with E-state index >= 15 is 0 Å². The molecule has 7 heteroatoms. The number of para-hydroxylation sites is 1. The fourth-order valence-corrected chi connectivity index (χ4v) is 8.92. The van der Waals surface area contributed by atoms with Crippen molar-refractivity contribution < 1.29 is 0 Å². The number of hydrogen-bond donors (Lipinski definition) is 0. The zero-order chi connectivity index (χ0) is 46.0. The van der Waals surface area contributed by atoms with Crippen molar-refractivity contribution in [3.05, 3.63) is 259 Å². The lowest BCUT2D eigenvalue weighted by Crippen LogP contribution is -2.09. The Bertz CT molecular complexity index is 3670. The lowest BCUT2D eigenvalue weighted by molar-refractivity contribution is 1.18. The van der Waals surface area contributed by atoms with E-state index in [4.69, 9.17) is 29.7 Å². The minimum atomic E-state index is 0.571. The normalized spacial score (nSPS) is 10.9. The van der Waals surface area contributed by atoms with Crippen molar-refractivity contribution in [3.63, 3.8) is 0 Å². The van der Waals surface area contributed by atoms with E-state index in [0.717, 1.165) is 94.9 Å². The molecule has 0 radical (unpaired) electrons. The lowest BCUT2D eigenvalue weighted by Gasteiger charge is -2.26. The monoisotopic (exact) mass is 867 g/mol. The van der Waals surface area contributed by atoms with Crippen LogP contribution in [-0.2, 0) is 0 Å². The highest BCUT2D eigenvalue weighted by molar-refractivity contribution is 6.10. The topological polar surface area (TPSA) is 47.0 Å². The van der Waals surface area contributed by atoms with Crippen LogP contribution in [0, 0.1) is 19.7 Å². The summed E-state index contributed by atoms with van der Waals surface area (Å²) in [6.07, 6.45) is 0. The molecule has 9 aromatic carbocycles. The van der Waals surface area contributed by atoms with Gasteiger partial charge in [-0.2, -0.15) is 0 Å². The summed E-state index contributed by atoms with van der Waals surface area (Å²) in [6, 6.07) is 75.3. The summed E-state index contributed by atoms with van der Waals surface area (Å²) >= 11 is 0. The average molecular weight is 868 g/mol. The molecule has 2 aromatic heterocycles.